The first-order chi connectivity index (χ1) is 11.1. The minimum atomic E-state index is -0.0982. The second-order valence-electron chi connectivity index (χ2n) is 5.27. The van der Waals surface area contributed by atoms with E-state index in [9.17, 15) is 4.79 Å². The molecule has 3 aromatic rings. The van der Waals surface area contributed by atoms with Crippen LogP contribution in [0.15, 0.2) is 60.7 Å². The molecule has 0 saturated carbocycles. The van der Waals surface area contributed by atoms with Gasteiger partial charge in [-0.25, -0.2) is 0 Å². The van der Waals surface area contributed by atoms with Gasteiger partial charge in [-0.3, -0.25) is 4.79 Å². The summed E-state index contributed by atoms with van der Waals surface area (Å²) in [7, 11) is 0. The van der Waals surface area contributed by atoms with E-state index in [0.717, 1.165) is 16.3 Å². The van der Waals surface area contributed by atoms with Crippen molar-refractivity contribution in [2.75, 3.05) is 6.54 Å². The molecule has 0 aliphatic rings. The van der Waals surface area contributed by atoms with E-state index in [1.165, 1.54) is 0 Å². The van der Waals surface area contributed by atoms with Gasteiger partial charge in [-0.1, -0.05) is 59.6 Å². The molecule has 0 aliphatic heterocycles. The summed E-state index contributed by atoms with van der Waals surface area (Å²) in [6.07, 6.45) is 0.595. The number of fused-ring (bicyclic) bond motifs is 1. The Morgan fingerprint density at radius 1 is 0.870 bits per heavy atom. The molecule has 0 heterocycles. The van der Waals surface area contributed by atoms with Crippen LogP contribution in [0.3, 0.4) is 0 Å². The molecule has 0 bridgehead atoms. The van der Waals surface area contributed by atoms with E-state index < -0.39 is 0 Å². The molecule has 0 fully saturated rings. The van der Waals surface area contributed by atoms with Gasteiger partial charge in [0.1, 0.15) is 0 Å². The summed E-state index contributed by atoms with van der Waals surface area (Å²) in [6.45, 7) is 0.481. The highest BCUT2D eigenvalue weighted by Crippen LogP contribution is 2.24. The number of rotatable bonds is 4. The largest absolute Gasteiger partial charge is 0.352 e. The van der Waals surface area contributed by atoms with E-state index >= 15 is 0 Å². The Morgan fingerprint density at radius 2 is 1.57 bits per heavy atom. The van der Waals surface area contributed by atoms with Crippen molar-refractivity contribution in [3.8, 4) is 0 Å². The molecule has 0 radical (unpaired) electrons. The van der Waals surface area contributed by atoms with Crippen LogP contribution in [0.1, 0.15) is 15.9 Å². The van der Waals surface area contributed by atoms with Gasteiger partial charge in [-0.15, -0.1) is 0 Å². The van der Waals surface area contributed by atoms with E-state index in [4.69, 9.17) is 23.2 Å². The second-order valence-corrected chi connectivity index (χ2v) is 6.08. The smallest absolute Gasteiger partial charge is 0.251 e. The van der Waals surface area contributed by atoms with Gasteiger partial charge in [0.05, 0.1) is 0 Å². The maximum Gasteiger partial charge on any atom is 0.251 e. The quantitative estimate of drug-likeness (QED) is 0.699. The van der Waals surface area contributed by atoms with Crippen molar-refractivity contribution in [3.63, 3.8) is 0 Å². The molecule has 4 heteroatoms. The Morgan fingerprint density at radius 3 is 2.30 bits per heavy atom. The minimum absolute atomic E-state index is 0.0982. The van der Waals surface area contributed by atoms with Crippen molar-refractivity contribution in [2.45, 2.75) is 6.42 Å². The van der Waals surface area contributed by atoms with Crippen LogP contribution >= 0.6 is 23.2 Å². The Labute approximate surface area is 145 Å². The average molecular weight is 344 g/mol. The molecular weight excluding hydrogens is 329 g/mol. The number of hydrogen-bond donors (Lipinski definition) is 1. The highest BCUT2D eigenvalue weighted by atomic mass is 35.5. The monoisotopic (exact) mass is 343 g/mol. The summed E-state index contributed by atoms with van der Waals surface area (Å²) in [5.74, 6) is -0.0982. The van der Waals surface area contributed by atoms with Crippen LogP contribution in [0.4, 0.5) is 0 Å². The molecule has 0 spiro atoms. The predicted molar refractivity (Wildman–Crippen MR) is 96.4 cm³/mol. The summed E-state index contributed by atoms with van der Waals surface area (Å²) < 4.78 is 0. The first-order valence-electron chi connectivity index (χ1n) is 7.35. The lowest BCUT2D eigenvalue weighted by Crippen LogP contribution is -2.25. The molecule has 0 aliphatic carbocycles. The Kier molecular flexibility index (Phi) is 4.85. The van der Waals surface area contributed by atoms with Crippen LogP contribution in [0.5, 0.6) is 0 Å². The Bertz CT molecular complexity index is 841. The molecule has 3 aromatic carbocycles. The zero-order chi connectivity index (χ0) is 16.2. The lowest BCUT2D eigenvalue weighted by Gasteiger charge is -2.09. The zero-order valence-electron chi connectivity index (χ0n) is 12.4. The maximum absolute atomic E-state index is 12.3. The third-order valence-electron chi connectivity index (χ3n) is 3.73. The van der Waals surface area contributed by atoms with Crippen molar-refractivity contribution in [1.29, 1.82) is 0 Å². The number of carbonyl (C=O) groups is 1. The van der Waals surface area contributed by atoms with Gasteiger partial charge in [0.2, 0.25) is 0 Å². The minimum Gasteiger partial charge on any atom is -0.352 e. The van der Waals surface area contributed by atoms with Gasteiger partial charge in [0.15, 0.2) is 0 Å². The van der Waals surface area contributed by atoms with Gasteiger partial charge in [0.25, 0.3) is 5.91 Å². The molecule has 1 N–H and O–H groups in total. The van der Waals surface area contributed by atoms with Gasteiger partial charge < -0.3 is 5.32 Å². The molecule has 0 atom stereocenters. The van der Waals surface area contributed by atoms with E-state index in [2.05, 4.69) is 5.32 Å². The fourth-order valence-corrected chi connectivity index (χ4v) is 3.09. The lowest BCUT2D eigenvalue weighted by atomic mass is 10.1. The van der Waals surface area contributed by atoms with Gasteiger partial charge in [0, 0.05) is 22.2 Å². The number of benzene rings is 3. The Balaban J connectivity index is 1.67. The number of carbonyl (C=O) groups excluding carboxylic acids is 1. The van der Waals surface area contributed by atoms with Crippen molar-refractivity contribution in [2.24, 2.45) is 0 Å². The summed E-state index contributed by atoms with van der Waals surface area (Å²) in [6, 6.07) is 19.1. The van der Waals surface area contributed by atoms with Crippen LogP contribution in [0, 0.1) is 0 Å². The van der Waals surface area contributed by atoms with E-state index in [0.29, 0.717) is 28.6 Å². The highest BCUT2D eigenvalue weighted by Gasteiger charge is 2.08. The summed E-state index contributed by atoms with van der Waals surface area (Å²) in [5.41, 5.74) is 1.50. The van der Waals surface area contributed by atoms with Gasteiger partial charge in [-0.05, 0) is 47.0 Å². The van der Waals surface area contributed by atoms with Crippen LogP contribution in [0.2, 0.25) is 10.0 Å². The lowest BCUT2D eigenvalue weighted by molar-refractivity contribution is 0.0954. The average Bonchev–Trinajstić information content (AvgIpc) is 2.57. The molecule has 1 amide bonds. The third kappa shape index (κ3) is 3.66. The Hall–Kier alpha value is -2.03. The number of nitrogens with one attached hydrogen (secondary N) is 1. The molecule has 0 unspecified atom stereocenters. The van der Waals surface area contributed by atoms with Crippen molar-refractivity contribution in [1.82, 2.24) is 5.32 Å². The number of hydrogen-bond acceptors (Lipinski definition) is 1. The molecule has 0 saturated heterocycles. The number of amides is 1. The summed E-state index contributed by atoms with van der Waals surface area (Å²) in [4.78, 5) is 12.3. The highest BCUT2D eigenvalue weighted by molar-refractivity contribution is 6.36. The second kappa shape index (κ2) is 7.03. The first kappa shape index (κ1) is 15.9. The molecule has 3 rings (SSSR count). The van der Waals surface area contributed by atoms with Crippen molar-refractivity contribution < 1.29 is 4.79 Å². The number of halogens is 2. The van der Waals surface area contributed by atoms with E-state index in [1.54, 1.807) is 12.1 Å². The SMILES string of the molecule is O=C(NCCc1c(Cl)cccc1Cl)c1ccc2ccccc2c1. The third-order valence-corrected chi connectivity index (χ3v) is 4.44. The zero-order valence-corrected chi connectivity index (χ0v) is 13.9. The predicted octanol–water partition coefficient (Wildman–Crippen LogP) is 5.12. The molecule has 116 valence electrons. The van der Waals surface area contributed by atoms with Crippen molar-refractivity contribution in [3.05, 3.63) is 81.8 Å². The topological polar surface area (TPSA) is 29.1 Å². The van der Waals surface area contributed by atoms with Crippen LogP contribution in [-0.4, -0.2) is 12.5 Å². The fourth-order valence-electron chi connectivity index (χ4n) is 2.50. The fraction of sp³-hybridized carbons (Fsp3) is 0.105. The molecule has 23 heavy (non-hydrogen) atoms. The molecular formula is C19H15Cl2NO. The van der Waals surface area contributed by atoms with Crippen LogP contribution in [0.25, 0.3) is 10.8 Å². The van der Waals surface area contributed by atoms with Crippen LogP contribution < -0.4 is 5.32 Å². The standard InChI is InChI=1S/C19H15Cl2NO/c20-17-6-3-7-18(21)16(17)10-11-22-19(23)15-9-8-13-4-1-2-5-14(13)12-15/h1-9,12H,10-11H2,(H,22,23). The maximum atomic E-state index is 12.3. The van der Waals surface area contributed by atoms with Crippen molar-refractivity contribution >= 4 is 39.9 Å². The van der Waals surface area contributed by atoms with Crippen LogP contribution in [-0.2, 0) is 6.42 Å². The van der Waals surface area contributed by atoms with E-state index in [-0.39, 0.29) is 5.91 Å². The van der Waals surface area contributed by atoms with Gasteiger partial charge in [-0.2, -0.15) is 0 Å². The normalized spacial score (nSPS) is 10.7. The molecule has 0 aromatic heterocycles. The van der Waals surface area contributed by atoms with E-state index in [1.807, 2.05) is 48.5 Å². The summed E-state index contributed by atoms with van der Waals surface area (Å²) in [5, 5.41) is 6.32. The van der Waals surface area contributed by atoms with Gasteiger partial charge >= 0.3 is 0 Å². The summed E-state index contributed by atoms with van der Waals surface area (Å²) >= 11 is 12.3. The molecule has 2 nitrogen and oxygen atoms in total. The first-order valence-corrected chi connectivity index (χ1v) is 8.10.